The molecule has 1 unspecified atom stereocenters. The molecular weight excluding hydrogens is 318 g/mol. The van der Waals surface area contributed by atoms with Crippen molar-refractivity contribution in [3.05, 3.63) is 29.0 Å². The van der Waals surface area contributed by atoms with E-state index in [0.29, 0.717) is 41.8 Å². The molecule has 2 aromatic rings. The van der Waals surface area contributed by atoms with Crippen molar-refractivity contribution in [2.45, 2.75) is 19.4 Å². The van der Waals surface area contributed by atoms with Gasteiger partial charge in [0, 0.05) is 31.2 Å². The van der Waals surface area contributed by atoms with Gasteiger partial charge in [-0.1, -0.05) is 16.8 Å². The molecule has 1 fully saturated rings. The molecule has 122 valence electrons. The number of rotatable bonds is 5. The van der Waals surface area contributed by atoms with E-state index >= 15 is 0 Å². The quantitative estimate of drug-likeness (QED) is 0.874. The summed E-state index contributed by atoms with van der Waals surface area (Å²) in [5.41, 5.74) is 1.38. The first-order chi connectivity index (χ1) is 11.1. The normalized spacial score (nSPS) is 15.8. The lowest BCUT2D eigenvalue weighted by Crippen LogP contribution is -2.27. The summed E-state index contributed by atoms with van der Waals surface area (Å²) in [5.74, 6) is 0.969. The van der Waals surface area contributed by atoms with Crippen LogP contribution in [0.5, 0.6) is 0 Å². The molecule has 1 aromatic carbocycles. The largest absolute Gasteiger partial charge is 0.336 e. The van der Waals surface area contributed by atoms with Crippen LogP contribution in [0.4, 0.5) is 10.5 Å². The van der Waals surface area contributed by atoms with Crippen molar-refractivity contribution in [1.82, 2.24) is 20.8 Å². The molecule has 0 radical (unpaired) electrons. The maximum absolute atomic E-state index is 11.8. The van der Waals surface area contributed by atoms with E-state index in [9.17, 15) is 4.79 Å². The number of hydrogen-bond acceptors (Lipinski definition) is 5. The number of nitrogens with one attached hydrogen (secondary N) is 2. The molecule has 3 rings (SSSR count). The van der Waals surface area contributed by atoms with Gasteiger partial charge in [-0.25, -0.2) is 4.79 Å². The molecule has 2 N–H and O–H groups in total. The van der Waals surface area contributed by atoms with Crippen molar-refractivity contribution in [3.8, 4) is 11.5 Å². The van der Waals surface area contributed by atoms with Crippen LogP contribution in [0.1, 0.15) is 12.7 Å². The van der Waals surface area contributed by atoms with Crippen LogP contribution in [-0.4, -0.2) is 42.4 Å². The highest BCUT2D eigenvalue weighted by Gasteiger charge is 2.23. The Labute approximate surface area is 139 Å². The highest BCUT2D eigenvalue weighted by atomic mass is 35.5. The zero-order valence-corrected chi connectivity index (χ0v) is 13.7. The molecule has 1 aliphatic heterocycles. The average molecular weight is 336 g/mol. The lowest BCUT2D eigenvalue weighted by atomic mass is 10.2. The minimum atomic E-state index is -0.118. The first-order valence-corrected chi connectivity index (χ1v) is 7.81. The zero-order chi connectivity index (χ0) is 16.4. The Morgan fingerprint density at radius 3 is 3.04 bits per heavy atom. The molecule has 0 aliphatic carbocycles. The second-order valence-corrected chi connectivity index (χ2v) is 5.86. The number of carbonyl (C=O) groups is 1. The van der Waals surface area contributed by atoms with E-state index < -0.39 is 0 Å². The minimum Gasteiger partial charge on any atom is -0.336 e. The molecule has 1 aliphatic rings. The Morgan fingerprint density at radius 2 is 2.35 bits per heavy atom. The maximum Gasteiger partial charge on any atom is 0.321 e. The first-order valence-electron chi connectivity index (χ1n) is 7.43. The van der Waals surface area contributed by atoms with Crippen molar-refractivity contribution in [1.29, 1.82) is 0 Å². The van der Waals surface area contributed by atoms with Gasteiger partial charge in [0.05, 0.1) is 10.6 Å². The summed E-state index contributed by atoms with van der Waals surface area (Å²) in [5, 5.41) is 10.4. The van der Waals surface area contributed by atoms with Crippen LogP contribution >= 0.6 is 11.6 Å². The Bertz CT molecular complexity index is 718. The maximum atomic E-state index is 11.8. The molecule has 0 bridgehead atoms. The van der Waals surface area contributed by atoms with Crippen LogP contribution in [0, 0.1) is 0 Å². The average Bonchev–Trinajstić information content (AvgIpc) is 3.17. The Morgan fingerprint density at radius 1 is 1.52 bits per heavy atom. The number of carbonyl (C=O) groups excluding carboxylic acids is 1. The number of amides is 2. The second kappa shape index (κ2) is 6.55. The van der Waals surface area contributed by atoms with Gasteiger partial charge >= 0.3 is 6.03 Å². The first kappa shape index (κ1) is 15.8. The van der Waals surface area contributed by atoms with Crippen molar-refractivity contribution in [3.63, 3.8) is 0 Å². The zero-order valence-electron chi connectivity index (χ0n) is 13.0. The number of anilines is 1. The van der Waals surface area contributed by atoms with Gasteiger partial charge in [0.25, 0.3) is 5.89 Å². The van der Waals surface area contributed by atoms with Crippen molar-refractivity contribution < 1.29 is 9.32 Å². The highest BCUT2D eigenvalue weighted by Crippen LogP contribution is 2.31. The number of nitrogens with zero attached hydrogens (tertiary/aromatic N) is 3. The predicted octanol–water partition coefficient (Wildman–Crippen LogP) is 2.07. The third kappa shape index (κ3) is 3.30. The summed E-state index contributed by atoms with van der Waals surface area (Å²) in [6.45, 7) is 3.29. The molecule has 1 saturated heterocycles. The standard InChI is InChI=1S/C15H18ClN5O2/c1-9(17-2)7-13-19-14(23-20-13)11-8-10(3-4-12(11)16)21-6-5-18-15(21)22/h3-4,8-9,17H,5-7H2,1-2H3,(H,18,22). The summed E-state index contributed by atoms with van der Waals surface area (Å²) in [6.07, 6.45) is 0.659. The SMILES string of the molecule is CNC(C)Cc1noc(-c2cc(N3CCNC3=O)ccc2Cl)n1. The van der Waals surface area contributed by atoms with Gasteiger partial charge in [0.15, 0.2) is 5.82 Å². The third-order valence-corrected chi connectivity index (χ3v) is 4.13. The Kier molecular flexibility index (Phi) is 4.49. The van der Waals surface area contributed by atoms with E-state index in [2.05, 4.69) is 20.8 Å². The number of benzene rings is 1. The van der Waals surface area contributed by atoms with Gasteiger partial charge in [-0.3, -0.25) is 4.90 Å². The van der Waals surface area contributed by atoms with Gasteiger partial charge in [-0.05, 0) is 32.2 Å². The molecule has 23 heavy (non-hydrogen) atoms. The van der Waals surface area contributed by atoms with E-state index in [-0.39, 0.29) is 12.1 Å². The van der Waals surface area contributed by atoms with E-state index in [1.165, 1.54) is 0 Å². The van der Waals surface area contributed by atoms with Crippen molar-refractivity contribution >= 4 is 23.3 Å². The third-order valence-electron chi connectivity index (χ3n) is 3.80. The number of urea groups is 1. The van der Waals surface area contributed by atoms with Crippen molar-refractivity contribution in [2.75, 3.05) is 25.0 Å². The van der Waals surface area contributed by atoms with Gasteiger partial charge in [0.2, 0.25) is 0 Å². The smallest absolute Gasteiger partial charge is 0.321 e. The molecule has 1 aromatic heterocycles. The predicted molar refractivity (Wildman–Crippen MR) is 87.7 cm³/mol. The molecule has 0 saturated carbocycles. The van der Waals surface area contributed by atoms with E-state index in [0.717, 1.165) is 5.69 Å². The highest BCUT2D eigenvalue weighted by molar-refractivity contribution is 6.33. The summed E-state index contributed by atoms with van der Waals surface area (Å²) >= 11 is 6.26. The van der Waals surface area contributed by atoms with Gasteiger partial charge in [-0.15, -0.1) is 0 Å². The van der Waals surface area contributed by atoms with Gasteiger partial charge < -0.3 is 15.2 Å². The molecule has 8 heteroatoms. The lowest BCUT2D eigenvalue weighted by Gasteiger charge is -2.15. The molecule has 1 atom stereocenters. The lowest BCUT2D eigenvalue weighted by molar-refractivity contribution is 0.252. The monoisotopic (exact) mass is 335 g/mol. The fourth-order valence-electron chi connectivity index (χ4n) is 2.39. The summed E-state index contributed by atoms with van der Waals surface area (Å²) in [6, 6.07) is 5.46. The van der Waals surface area contributed by atoms with Crippen LogP contribution in [-0.2, 0) is 6.42 Å². The Hall–Kier alpha value is -2.12. The van der Waals surface area contributed by atoms with Crippen LogP contribution < -0.4 is 15.5 Å². The van der Waals surface area contributed by atoms with Crippen molar-refractivity contribution in [2.24, 2.45) is 0 Å². The minimum absolute atomic E-state index is 0.118. The molecule has 2 amide bonds. The fourth-order valence-corrected chi connectivity index (χ4v) is 2.58. The topological polar surface area (TPSA) is 83.3 Å². The Balaban J connectivity index is 1.88. The summed E-state index contributed by atoms with van der Waals surface area (Å²) < 4.78 is 5.33. The number of halogens is 1. The second-order valence-electron chi connectivity index (χ2n) is 5.46. The van der Waals surface area contributed by atoms with Crippen LogP contribution in [0.25, 0.3) is 11.5 Å². The van der Waals surface area contributed by atoms with E-state index in [1.807, 2.05) is 14.0 Å². The molecular formula is C15H18ClN5O2. The molecule has 2 heterocycles. The van der Waals surface area contributed by atoms with E-state index in [4.69, 9.17) is 16.1 Å². The number of hydrogen-bond donors (Lipinski definition) is 2. The van der Waals surface area contributed by atoms with Crippen LogP contribution in [0.3, 0.4) is 0 Å². The molecule has 7 nitrogen and oxygen atoms in total. The summed E-state index contributed by atoms with van der Waals surface area (Å²) in [4.78, 5) is 17.8. The van der Waals surface area contributed by atoms with E-state index in [1.54, 1.807) is 23.1 Å². The number of likely N-dealkylation sites (N-methyl/N-ethyl adjacent to an activating group) is 1. The summed E-state index contributed by atoms with van der Waals surface area (Å²) in [7, 11) is 1.88. The number of aromatic nitrogens is 2. The van der Waals surface area contributed by atoms with Gasteiger partial charge in [0.1, 0.15) is 0 Å². The van der Waals surface area contributed by atoms with Crippen LogP contribution in [0.2, 0.25) is 5.02 Å². The van der Waals surface area contributed by atoms with Gasteiger partial charge in [-0.2, -0.15) is 4.98 Å². The van der Waals surface area contributed by atoms with Crippen LogP contribution in [0.15, 0.2) is 22.7 Å². The fraction of sp³-hybridized carbons (Fsp3) is 0.400. The molecule has 0 spiro atoms.